The maximum absolute atomic E-state index is 12.3. The molecule has 2 rings (SSSR count). The molecule has 2 N–H and O–H groups in total. The van der Waals surface area contributed by atoms with E-state index in [0.29, 0.717) is 35.5 Å². The Morgan fingerprint density at radius 1 is 1.19 bits per heavy atom. The number of thioether (sulfide) groups is 1. The Morgan fingerprint density at radius 3 is 2.58 bits per heavy atom. The van der Waals surface area contributed by atoms with Crippen molar-refractivity contribution in [1.29, 1.82) is 0 Å². The Labute approximate surface area is 164 Å². The van der Waals surface area contributed by atoms with E-state index in [1.165, 1.54) is 4.90 Å². The Hall–Kier alpha value is -2.05. The van der Waals surface area contributed by atoms with Gasteiger partial charge in [0.05, 0.1) is 6.61 Å². The Bertz CT molecular complexity index is 746. The molecule has 1 amide bonds. The summed E-state index contributed by atoms with van der Waals surface area (Å²) in [4.78, 5) is 13.6. The topological polar surface area (TPSA) is 50.4 Å². The van der Waals surface area contributed by atoms with Crippen LogP contribution >= 0.6 is 24.0 Å². The van der Waals surface area contributed by atoms with E-state index in [1.807, 2.05) is 24.5 Å². The smallest absolute Gasteiger partial charge is 0.257 e. The molecule has 0 aliphatic rings. The lowest BCUT2D eigenvalue weighted by molar-refractivity contribution is 0.0976. The first kappa shape index (κ1) is 20.3. The van der Waals surface area contributed by atoms with E-state index in [1.54, 1.807) is 30.0 Å². The zero-order valence-electron chi connectivity index (χ0n) is 15.2. The van der Waals surface area contributed by atoms with Crippen LogP contribution in [0.3, 0.4) is 0 Å². The van der Waals surface area contributed by atoms with Crippen LogP contribution in [0.15, 0.2) is 53.4 Å². The number of ether oxygens (including phenoxy) is 1. The van der Waals surface area contributed by atoms with Crippen molar-refractivity contribution >= 4 is 35.0 Å². The predicted octanol–water partition coefficient (Wildman–Crippen LogP) is 4.25. The summed E-state index contributed by atoms with van der Waals surface area (Å²) in [7, 11) is 0. The predicted molar refractivity (Wildman–Crippen MR) is 112 cm³/mol. The van der Waals surface area contributed by atoms with Gasteiger partial charge in [-0.25, -0.2) is 0 Å². The molecular weight excluding hydrogens is 364 g/mol. The van der Waals surface area contributed by atoms with Crippen molar-refractivity contribution in [2.75, 3.05) is 12.9 Å². The maximum atomic E-state index is 12.3. The zero-order valence-corrected chi connectivity index (χ0v) is 16.9. The van der Waals surface area contributed by atoms with E-state index in [2.05, 4.69) is 36.6 Å². The van der Waals surface area contributed by atoms with Gasteiger partial charge in [-0.3, -0.25) is 10.1 Å². The molecule has 0 aliphatic heterocycles. The molecule has 0 fully saturated rings. The van der Waals surface area contributed by atoms with Gasteiger partial charge in [0.1, 0.15) is 5.75 Å². The molecule has 0 heterocycles. The van der Waals surface area contributed by atoms with Crippen LogP contribution in [-0.2, 0) is 6.54 Å². The normalized spacial score (nSPS) is 10.5. The lowest BCUT2D eigenvalue weighted by Gasteiger charge is -2.12. The van der Waals surface area contributed by atoms with Crippen molar-refractivity contribution < 1.29 is 9.53 Å². The van der Waals surface area contributed by atoms with Crippen molar-refractivity contribution in [3.8, 4) is 5.75 Å². The number of benzene rings is 2. The minimum Gasteiger partial charge on any atom is -0.493 e. The van der Waals surface area contributed by atoms with Gasteiger partial charge >= 0.3 is 0 Å². The largest absolute Gasteiger partial charge is 0.493 e. The summed E-state index contributed by atoms with van der Waals surface area (Å²) in [6.45, 7) is 5.33. The molecule has 2 aromatic carbocycles. The summed E-state index contributed by atoms with van der Waals surface area (Å²) < 4.78 is 5.66. The van der Waals surface area contributed by atoms with Crippen LogP contribution in [0, 0.1) is 5.92 Å². The first-order valence-corrected chi connectivity index (χ1v) is 10.1. The van der Waals surface area contributed by atoms with Gasteiger partial charge in [0.15, 0.2) is 5.11 Å². The molecule has 0 saturated carbocycles. The van der Waals surface area contributed by atoms with Gasteiger partial charge in [-0.1, -0.05) is 32.0 Å². The standard InChI is InChI=1S/C20H24N2O2S2/c1-14(2)13-24-17-6-4-5-16(11-17)19(23)22-20(25)21-12-15-7-9-18(26-3)10-8-15/h4-11,14H,12-13H2,1-3H3,(H2,21,22,23,25). The van der Waals surface area contributed by atoms with Gasteiger partial charge < -0.3 is 10.1 Å². The van der Waals surface area contributed by atoms with E-state index in [0.717, 1.165) is 5.56 Å². The van der Waals surface area contributed by atoms with E-state index in [9.17, 15) is 4.79 Å². The molecule has 0 unspecified atom stereocenters. The van der Waals surface area contributed by atoms with E-state index in [4.69, 9.17) is 17.0 Å². The molecule has 0 atom stereocenters. The fourth-order valence-electron chi connectivity index (χ4n) is 2.14. The fraction of sp³-hybridized carbons (Fsp3) is 0.300. The number of hydrogen-bond donors (Lipinski definition) is 2. The van der Waals surface area contributed by atoms with Gasteiger partial charge in [0, 0.05) is 17.0 Å². The number of rotatable bonds is 7. The number of carbonyl (C=O) groups excluding carboxylic acids is 1. The summed E-state index contributed by atoms with van der Waals surface area (Å²) in [6.07, 6.45) is 2.04. The molecule has 26 heavy (non-hydrogen) atoms. The van der Waals surface area contributed by atoms with Crippen LogP contribution in [0.4, 0.5) is 0 Å². The minimum atomic E-state index is -0.254. The highest BCUT2D eigenvalue weighted by atomic mass is 32.2. The molecule has 2 aromatic rings. The van der Waals surface area contributed by atoms with Crippen LogP contribution in [0.25, 0.3) is 0 Å². The summed E-state index contributed by atoms with van der Waals surface area (Å²) in [6, 6.07) is 15.3. The number of carbonyl (C=O) groups is 1. The Morgan fingerprint density at radius 2 is 1.92 bits per heavy atom. The average molecular weight is 389 g/mol. The Kier molecular flexibility index (Phi) is 7.94. The number of amides is 1. The van der Waals surface area contributed by atoms with E-state index >= 15 is 0 Å². The Balaban J connectivity index is 1.86. The third-order valence-electron chi connectivity index (χ3n) is 3.52. The highest BCUT2D eigenvalue weighted by Gasteiger charge is 2.09. The van der Waals surface area contributed by atoms with Crippen molar-refractivity contribution in [3.63, 3.8) is 0 Å². The van der Waals surface area contributed by atoms with Crippen LogP contribution in [-0.4, -0.2) is 23.9 Å². The summed E-state index contributed by atoms with van der Waals surface area (Å²) in [5.74, 6) is 0.851. The molecule has 138 valence electrons. The van der Waals surface area contributed by atoms with Gasteiger partial charge in [0.25, 0.3) is 5.91 Å². The van der Waals surface area contributed by atoms with Crippen LogP contribution in [0.5, 0.6) is 5.75 Å². The number of thiocarbonyl (C=S) groups is 1. The van der Waals surface area contributed by atoms with Crippen molar-refractivity contribution in [2.24, 2.45) is 5.92 Å². The average Bonchev–Trinajstić information content (AvgIpc) is 2.65. The molecule has 4 nitrogen and oxygen atoms in total. The molecule has 0 bridgehead atoms. The second-order valence-electron chi connectivity index (χ2n) is 6.22. The third-order valence-corrected chi connectivity index (χ3v) is 4.51. The maximum Gasteiger partial charge on any atom is 0.257 e. The third kappa shape index (κ3) is 6.69. The summed E-state index contributed by atoms with van der Waals surface area (Å²) >= 11 is 6.92. The second kappa shape index (κ2) is 10.2. The van der Waals surface area contributed by atoms with Crippen LogP contribution in [0.1, 0.15) is 29.8 Å². The number of nitrogens with one attached hydrogen (secondary N) is 2. The molecule has 0 aromatic heterocycles. The fourth-order valence-corrected chi connectivity index (χ4v) is 2.71. The molecular formula is C20H24N2O2S2. The highest BCUT2D eigenvalue weighted by molar-refractivity contribution is 7.98. The first-order chi connectivity index (χ1) is 12.5. The zero-order chi connectivity index (χ0) is 18.9. The summed E-state index contributed by atoms with van der Waals surface area (Å²) in [5, 5.41) is 6.06. The highest BCUT2D eigenvalue weighted by Crippen LogP contribution is 2.15. The molecule has 0 aliphatic carbocycles. The SMILES string of the molecule is CSc1ccc(CNC(=S)NC(=O)c2cccc(OCC(C)C)c2)cc1. The monoisotopic (exact) mass is 388 g/mol. The van der Waals surface area contributed by atoms with E-state index < -0.39 is 0 Å². The quantitative estimate of drug-likeness (QED) is 0.549. The molecule has 0 saturated heterocycles. The van der Waals surface area contributed by atoms with E-state index in [-0.39, 0.29) is 5.91 Å². The van der Waals surface area contributed by atoms with Crippen LogP contribution < -0.4 is 15.4 Å². The lowest BCUT2D eigenvalue weighted by atomic mass is 10.2. The second-order valence-corrected chi connectivity index (χ2v) is 7.51. The van der Waals surface area contributed by atoms with Crippen molar-refractivity contribution in [3.05, 3.63) is 59.7 Å². The first-order valence-electron chi connectivity index (χ1n) is 8.43. The molecule has 0 radical (unpaired) electrons. The lowest BCUT2D eigenvalue weighted by Crippen LogP contribution is -2.38. The summed E-state index contributed by atoms with van der Waals surface area (Å²) in [5.41, 5.74) is 1.61. The van der Waals surface area contributed by atoms with Crippen molar-refractivity contribution in [1.82, 2.24) is 10.6 Å². The molecule has 6 heteroatoms. The van der Waals surface area contributed by atoms with Gasteiger partial charge in [0.2, 0.25) is 0 Å². The van der Waals surface area contributed by atoms with Gasteiger partial charge in [-0.05, 0) is 60.3 Å². The molecule has 0 spiro atoms. The van der Waals surface area contributed by atoms with Crippen LogP contribution in [0.2, 0.25) is 0 Å². The minimum absolute atomic E-state index is 0.254. The van der Waals surface area contributed by atoms with Gasteiger partial charge in [-0.15, -0.1) is 11.8 Å². The van der Waals surface area contributed by atoms with Gasteiger partial charge in [-0.2, -0.15) is 0 Å². The van der Waals surface area contributed by atoms with Crippen molar-refractivity contribution in [2.45, 2.75) is 25.3 Å². The number of hydrogen-bond acceptors (Lipinski definition) is 4.